The fraction of sp³-hybridized carbons (Fsp3) is 0.765. The van der Waals surface area contributed by atoms with Crippen LogP contribution in [0.2, 0.25) is 0 Å². The predicted molar refractivity (Wildman–Crippen MR) is 83.9 cm³/mol. The van der Waals surface area contributed by atoms with Gasteiger partial charge in [0, 0.05) is 18.7 Å². The molecule has 0 N–H and O–H groups in total. The summed E-state index contributed by atoms with van der Waals surface area (Å²) in [6, 6.07) is 0. The summed E-state index contributed by atoms with van der Waals surface area (Å²) in [5, 5.41) is 4.14. The Bertz CT molecular complexity index is 411. The fourth-order valence-electron chi connectivity index (χ4n) is 2.75. The molecule has 1 rings (SSSR count). The molecule has 1 unspecified atom stereocenters. The summed E-state index contributed by atoms with van der Waals surface area (Å²) in [6.07, 6.45) is 12.7. The van der Waals surface area contributed by atoms with Crippen LogP contribution in [0.5, 0.6) is 0 Å². The van der Waals surface area contributed by atoms with Crippen LogP contribution < -0.4 is 0 Å². The van der Waals surface area contributed by atoms with Crippen LogP contribution >= 0.6 is 0 Å². The van der Waals surface area contributed by atoms with Crippen molar-refractivity contribution in [3.05, 3.63) is 18.0 Å². The van der Waals surface area contributed by atoms with Crippen LogP contribution in [0.15, 0.2) is 12.4 Å². The van der Waals surface area contributed by atoms with Crippen LogP contribution in [0.25, 0.3) is 0 Å². The third-order valence-electron chi connectivity index (χ3n) is 4.18. The van der Waals surface area contributed by atoms with Crippen LogP contribution in [-0.4, -0.2) is 15.6 Å². The first-order chi connectivity index (χ1) is 9.53. The molecular formula is C17H30N2O. The molecule has 1 aromatic rings. The van der Waals surface area contributed by atoms with Gasteiger partial charge in [-0.25, -0.2) is 0 Å². The molecule has 0 aliphatic rings. The zero-order valence-electron chi connectivity index (χ0n) is 13.6. The standard InChI is InChI=1S/C17H30N2O/c1-5-7-9-10-12-17(3,11-8-6-2)16(20)15-13-18-19(4)14-15/h13-14H,5-12H2,1-4H3. The molecule has 0 aliphatic heterocycles. The van der Waals surface area contributed by atoms with Crippen LogP contribution in [0.4, 0.5) is 0 Å². The molecule has 0 saturated carbocycles. The van der Waals surface area contributed by atoms with E-state index in [9.17, 15) is 4.79 Å². The average Bonchev–Trinajstić information content (AvgIpc) is 2.87. The highest BCUT2D eigenvalue weighted by Crippen LogP contribution is 2.34. The smallest absolute Gasteiger partial charge is 0.171 e. The number of carbonyl (C=O) groups excluding carboxylic acids is 1. The highest BCUT2D eigenvalue weighted by Gasteiger charge is 2.33. The van der Waals surface area contributed by atoms with Gasteiger partial charge in [0.25, 0.3) is 0 Å². The normalized spacial score (nSPS) is 14.2. The van der Waals surface area contributed by atoms with Crippen LogP contribution in [0.3, 0.4) is 0 Å². The second-order valence-corrected chi connectivity index (χ2v) is 6.21. The molecule has 20 heavy (non-hydrogen) atoms. The van der Waals surface area contributed by atoms with Crippen molar-refractivity contribution in [1.82, 2.24) is 9.78 Å². The zero-order valence-corrected chi connectivity index (χ0v) is 13.6. The minimum absolute atomic E-state index is 0.215. The molecule has 1 aromatic heterocycles. The van der Waals surface area contributed by atoms with Crippen molar-refractivity contribution in [1.29, 1.82) is 0 Å². The molecule has 0 aliphatic carbocycles. The highest BCUT2D eigenvalue weighted by molar-refractivity contribution is 5.99. The largest absolute Gasteiger partial charge is 0.293 e. The number of aromatic nitrogens is 2. The van der Waals surface area contributed by atoms with Crippen LogP contribution in [0.1, 0.15) is 82.5 Å². The number of hydrogen-bond donors (Lipinski definition) is 0. The number of Topliss-reactive ketones (excluding diaryl/α,β-unsaturated/α-hetero) is 1. The quantitative estimate of drug-likeness (QED) is 0.456. The molecule has 0 spiro atoms. The van der Waals surface area contributed by atoms with Crippen molar-refractivity contribution in [3.63, 3.8) is 0 Å². The minimum atomic E-state index is -0.215. The Morgan fingerprint density at radius 2 is 1.80 bits per heavy atom. The van der Waals surface area contributed by atoms with Gasteiger partial charge in [-0.15, -0.1) is 0 Å². The number of ketones is 1. The van der Waals surface area contributed by atoms with E-state index >= 15 is 0 Å². The number of carbonyl (C=O) groups is 1. The molecule has 0 saturated heterocycles. The number of unbranched alkanes of at least 4 members (excludes halogenated alkanes) is 4. The molecule has 0 aromatic carbocycles. The third kappa shape index (κ3) is 4.77. The lowest BCUT2D eigenvalue weighted by molar-refractivity contribution is 0.0778. The van der Waals surface area contributed by atoms with Gasteiger partial charge in [-0.05, 0) is 12.8 Å². The molecule has 114 valence electrons. The van der Waals surface area contributed by atoms with E-state index in [4.69, 9.17) is 0 Å². The van der Waals surface area contributed by atoms with E-state index in [0.29, 0.717) is 0 Å². The Balaban J connectivity index is 2.72. The number of hydrogen-bond acceptors (Lipinski definition) is 2. The predicted octanol–water partition coefficient (Wildman–Crippen LogP) is 4.77. The van der Waals surface area contributed by atoms with Gasteiger partial charge < -0.3 is 0 Å². The van der Waals surface area contributed by atoms with Gasteiger partial charge in [-0.2, -0.15) is 5.10 Å². The maximum atomic E-state index is 12.8. The first kappa shape index (κ1) is 16.9. The number of nitrogens with zero attached hydrogens (tertiary/aromatic N) is 2. The van der Waals surface area contributed by atoms with E-state index in [1.807, 2.05) is 13.2 Å². The van der Waals surface area contributed by atoms with E-state index < -0.39 is 0 Å². The Morgan fingerprint density at radius 3 is 2.35 bits per heavy atom. The molecule has 1 atom stereocenters. The molecule has 0 amide bonds. The van der Waals surface area contributed by atoms with E-state index in [1.165, 1.54) is 19.3 Å². The molecule has 1 heterocycles. The van der Waals surface area contributed by atoms with Crippen molar-refractivity contribution in [2.75, 3.05) is 0 Å². The molecule has 0 radical (unpaired) electrons. The molecule has 3 nitrogen and oxygen atoms in total. The van der Waals surface area contributed by atoms with Crippen molar-refractivity contribution in [2.24, 2.45) is 12.5 Å². The second kappa shape index (κ2) is 8.23. The summed E-state index contributed by atoms with van der Waals surface area (Å²) < 4.78 is 1.71. The maximum Gasteiger partial charge on any atom is 0.171 e. The van der Waals surface area contributed by atoms with Gasteiger partial charge in [-0.3, -0.25) is 9.48 Å². The Labute approximate surface area is 123 Å². The van der Waals surface area contributed by atoms with Gasteiger partial charge in [-0.1, -0.05) is 59.3 Å². The summed E-state index contributed by atoms with van der Waals surface area (Å²) in [5.74, 6) is 0.274. The van der Waals surface area contributed by atoms with Crippen molar-refractivity contribution in [3.8, 4) is 0 Å². The summed E-state index contributed by atoms with van der Waals surface area (Å²) in [7, 11) is 1.86. The van der Waals surface area contributed by atoms with E-state index in [1.54, 1.807) is 10.9 Å². The first-order valence-electron chi connectivity index (χ1n) is 8.07. The fourth-order valence-corrected chi connectivity index (χ4v) is 2.75. The Morgan fingerprint density at radius 1 is 1.15 bits per heavy atom. The topological polar surface area (TPSA) is 34.9 Å². The SMILES string of the molecule is CCCCCCC(C)(CCCC)C(=O)c1cnn(C)c1. The summed E-state index contributed by atoms with van der Waals surface area (Å²) in [5.41, 5.74) is 0.550. The van der Waals surface area contributed by atoms with Crippen molar-refractivity contribution in [2.45, 2.75) is 72.1 Å². The van der Waals surface area contributed by atoms with E-state index in [2.05, 4.69) is 25.9 Å². The van der Waals surface area contributed by atoms with Gasteiger partial charge in [0.15, 0.2) is 5.78 Å². The summed E-state index contributed by atoms with van der Waals surface area (Å²) >= 11 is 0. The molecular weight excluding hydrogens is 248 g/mol. The number of rotatable bonds is 10. The average molecular weight is 278 g/mol. The number of aryl methyl sites for hydroxylation is 1. The summed E-state index contributed by atoms with van der Waals surface area (Å²) in [6.45, 7) is 6.55. The van der Waals surface area contributed by atoms with Gasteiger partial charge in [0.1, 0.15) is 0 Å². The lowest BCUT2D eigenvalue weighted by atomic mass is 9.75. The molecule has 3 heteroatoms. The summed E-state index contributed by atoms with van der Waals surface area (Å²) in [4.78, 5) is 12.8. The Hall–Kier alpha value is -1.12. The van der Waals surface area contributed by atoms with E-state index in [0.717, 1.165) is 37.7 Å². The van der Waals surface area contributed by atoms with Gasteiger partial charge in [0.05, 0.1) is 11.8 Å². The zero-order chi connectivity index (χ0) is 15.0. The van der Waals surface area contributed by atoms with Crippen molar-refractivity contribution >= 4 is 5.78 Å². The second-order valence-electron chi connectivity index (χ2n) is 6.21. The van der Waals surface area contributed by atoms with E-state index in [-0.39, 0.29) is 11.2 Å². The lowest BCUT2D eigenvalue weighted by Gasteiger charge is -2.27. The first-order valence-corrected chi connectivity index (χ1v) is 8.07. The lowest BCUT2D eigenvalue weighted by Crippen LogP contribution is -2.28. The third-order valence-corrected chi connectivity index (χ3v) is 4.18. The molecule has 0 bridgehead atoms. The Kier molecular flexibility index (Phi) is 6.97. The minimum Gasteiger partial charge on any atom is -0.293 e. The van der Waals surface area contributed by atoms with Crippen LogP contribution in [-0.2, 0) is 7.05 Å². The maximum absolute atomic E-state index is 12.8. The van der Waals surface area contributed by atoms with Crippen molar-refractivity contribution < 1.29 is 4.79 Å². The monoisotopic (exact) mass is 278 g/mol. The molecule has 0 fully saturated rings. The highest BCUT2D eigenvalue weighted by atomic mass is 16.1. The van der Waals surface area contributed by atoms with Crippen LogP contribution in [0, 0.1) is 5.41 Å². The van der Waals surface area contributed by atoms with Gasteiger partial charge >= 0.3 is 0 Å². The van der Waals surface area contributed by atoms with Gasteiger partial charge in [0.2, 0.25) is 0 Å².